The third-order valence-electron chi connectivity index (χ3n) is 3.93. The van der Waals surface area contributed by atoms with Crippen molar-refractivity contribution in [1.29, 1.82) is 0 Å². The van der Waals surface area contributed by atoms with Crippen LogP contribution in [0.4, 0.5) is 13.2 Å². The molecule has 31 heavy (non-hydrogen) atoms. The minimum atomic E-state index is -4.38. The molecule has 1 aromatic heterocycles. The van der Waals surface area contributed by atoms with Crippen molar-refractivity contribution in [2.45, 2.75) is 25.7 Å². The van der Waals surface area contributed by atoms with E-state index in [1.54, 1.807) is 41.8 Å². The molecule has 0 aliphatic rings. The van der Waals surface area contributed by atoms with Gasteiger partial charge in [-0.15, -0.1) is 11.3 Å². The molecule has 0 spiro atoms. The number of nitrogens with zero attached hydrogens (tertiary/aromatic N) is 1. The van der Waals surface area contributed by atoms with Gasteiger partial charge in [0.05, 0.1) is 12.1 Å². The highest BCUT2D eigenvalue weighted by molar-refractivity contribution is 7.09. The zero-order chi connectivity index (χ0) is 22.3. The van der Waals surface area contributed by atoms with Crippen LogP contribution >= 0.6 is 22.9 Å². The fourth-order valence-electron chi connectivity index (χ4n) is 2.47. The Labute approximate surface area is 185 Å². The molecule has 2 aromatic carbocycles. The van der Waals surface area contributed by atoms with Gasteiger partial charge in [0.1, 0.15) is 23.1 Å². The molecule has 5 nitrogen and oxygen atoms in total. The van der Waals surface area contributed by atoms with Crippen molar-refractivity contribution in [1.82, 2.24) is 10.3 Å². The van der Waals surface area contributed by atoms with Crippen LogP contribution in [-0.4, -0.2) is 23.7 Å². The zero-order valence-electron chi connectivity index (χ0n) is 16.1. The Morgan fingerprint density at radius 1 is 1.03 bits per heavy atom. The van der Waals surface area contributed by atoms with E-state index in [2.05, 4.69) is 15.0 Å². The predicted octanol–water partition coefficient (Wildman–Crippen LogP) is 5.18. The summed E-state index contributed by atoms with van der Waals surface area (Å²) in [6, 6.07) is 13.1. The topological polar surface area (TPSA) is 60.5 Å². The number of rotatable bonds is 9. The van der Waals surface area contributed by atoms with E-state index in [-0.39, 0.29) is 31.2 Å². The second-order valence-electron chi connectivity index (χ2n) is 6.48. The Morgan fingerprint density at radius 2 is 1.68 bits per heavy atom. The first kappa shape index (κ1) is 22.9. The lowest BCUT2D eigenvalue weighted by molar-refractivity contribution is -0.153. The van der Waals surface area contributed by atoms with Gasteiger partial charge in [-0.05, 0) is 42.0 Å². The van der Waals surface area contributed by atoms with Gasteiger partial charge in [0.25, 0.3) is 0 Å². The highest BCUT2D eigenvalue weighted by Crippen LogP contribution is 2.20. The Bertz CT molecular complexity index is 992. The standard InChI is InChI=1S/C21H18ClF3N2O3S/c22-15-3-7-17(8-4-15)29-11-20-27-16(12-31-20)9-19(28)26-10-14-1-5-18(6-2-14)30-13-21(23,24)25/h1-8,12H,9-11,13H2,(H,26,28). The number of thiazole rings is 1. The summed E-state index contributed by atoms with van der Waals surface area (Å²) in [7, 11) is 0. The van der Waals surface area contributed by atoms with Gasteiger partial charge in [0.2, 0.25) is 5.91 Å². The van der Waals surface area contributed by atoms with Crippen LogP contribution in [0.3, 0.4) is 0 Å². The molecule has 3 rings (SSSR count). The van der Waals surface area contributed by atoms with Gasteiger partial charge in [0, 0.05) is 16.9 Å². The van der Waals surface area contributed by atoms with Crippen LogP contribution in [0.2, 0.25) is 5.02 Å². The lowest BCUT2D eigenvalue weighted by atomic mass is 10.2. The van der Waals surface area contributed by atoms with Crippen LogP contribution in [0.15, 0.2) is 53.9 Å². The summed E-state index contributed by atoms with van der Waals surface area (Å²) in [4.78, 5) is 16.5. The molecule has 0 aliphatic carbocycles. The zero-order valence-corrected chi connectivity index (χ0v) is 17.7. The summed E-state index contributed by atoms with van der Waals surface area (Å²) in [5.74, 6) is 0.574. The molecule has 0 atom stereocenters. The van der Waals surface area contributed by atoms with E-state index in [1.165, 1.54) is 23.5 Å². The lowest BCUT2D eigenvalue weighted by Gasteiger charge is -2.10. The van der Waals surface area contributed by atoms with Gasteiger partial charge in [0.15, 0.2) is 6.61 Å². The number of alkyl halides is 3. The second kappa shape index (κ2) is 10.5. The number of nitrogens with one attached hydrogen (secondary N) is 1. The van der Waals surface area contributed by atoms with E-state index < -0.39 is 12.8 Å². The van der Waals surface area contributed by atoms with Crippen LogP contribution in [0.1, 0.15) is 16.3 Å². The predicted molar refractivity (Wildman–Crippen MR) is 111 cm³/mol. The maximum Gasteiger partial charge on any atom is 0.422 e. The van der Waals surface area contributed by atoms with Crippen LogP contribution in [0.25, 0.3) is 0 Å². The first-order chi connectivity index (χ1) is 14.8. The normalized spacial score (nSPS) is 11.2. The molecule has 3 aromatic rings. The summed E-state index contributed by atoms with van der Waals surface area (Å²) >= 11 is 7.23. The first-order valence-electron chi connectivity index (χ1n) is 9.14. The van der Waals surface area contributed by atoms with Crippen molar-refractivity contribution >= 4 is 28.8 Å². The van der Waals surface area contributed by atoms with Crippen molar-refractivity contribution in [3.63, 3.8) is 0 Å². The van der Waals surface area contributed by atoms with Gasteiger partial charge in [-0.2, -0.15) is 13.2 Å². The van der Waals surface area contributed by atoms with E-state index in [0.717, 1.165) is 10.6 Å². The van der Waals surface area contributed by atoms with Crippen LogP contribution in [-0.2, 0) is 24.4 Å². The fourth-order valence-corrected chi connectivity index (χ4v) is 3.30. The molecule has 1 heterocycles. The SMILES string of the molecule is O=C(Cc1csc(COc2ccc(Cl)cc2)n1)NCc1ccc(OCC(F)(F)F)cc1. The molecule has 10 heteroatoms. The molecule has 0 saturated heterocycles. The number of ether oxygens (including phenoxy) is 2. The van der Waals surface area contributed by atoms with Crippen molar-refractivity contribution in [2.24, 2.45) is 0 Å². The number of aromatic nitrogens is 1. The van der Waals surface area contributed by atoms with Crippen molar-refractivity contribution < 1.29 is 27.4 Å². The average Bonchev–Trinajstić information content (AvgIpc) is 3.18. The van der Waals surface area contributed by atoms with Gasteiger partial charge < -0.3 is 14.8 Å². The van der Waals surface area contributed by atoms with Gasteiger partial charge in [-0.1, -0.05) is 23.7 Å². The molecule has 1 N–H and O–H groups in total. The summed E-state index contributed by atoms with van der Waals surface area (Å²) in [5.41, 5.74) is 1.37. The minimum Gasteiger partial charge on any atom is -0.486 e. The Balaban J connectivity index is 1.41. The van der Waals surface area contributed by atoms with Crippen molar-refractivity contribution in [3.8, 4) is 11.5 Å². The molecule has 0 saturated carbocycles. The Hall–Kier alpha value is -2.78. The summed E-state index contributed by atoms with van der Waals surface area (Å²) in [6.07, 6.45) is -4.27. The number of halogens is 4. The van der Waals surface area contributed by atoms with Crippen LogP contribution < -0.4 is 14.8 Å². The molecule has 0 unspecified atom stereocenters. The third kappa shape index (κ3) is 8.10. The molecular formula is C21H18ClF3N2O3S. The van der Waals surface area contributed by atoms with Crippen molar-refractivity contribution in [3.05, 3.63) is 75.2 Å². The molecule has 0 aliphatic heterocycles. The molecule has 0 fully saturated rings. The first-order valence-corrected chi connectivity index (χ1v) is 10.4. The molecular weight excluding hydrogens is 453 g/mol. The highest BCUT2D eigenvalue weighted by atomic mass is 35.5. The largest absolute Gasteiger partial charge is 0.486 e. The third-order valence-corrected chi connectivity index (χ3v) is 5.06. The highest BCUT2D eigenvalue weighted by Gasteiger charge is 2.28. The number of carbonyl (C=O) groups is 1. The minimum absolute atomic E-state index is 0.114. The van der Waals surface area contributed by atoms with E-state index in [0.29, 0.717) is 16.5 Å². The number of benzene rings is 2. The van der Waals surface area contributed by atoms with Crippen LogP contribution in [0.5, 0.6) is 11.5 Å². The quantitative estimate of drug-likeness (QED) is 0.468. The van der Waals surface area contributed by atoms with Gasteiger partial charge in [-0.25, -0.2) is 4.98 Å². The molecule has 0 bridgehead atoms. The fraction of sp³-hybridized carbons (Fsp3) is 0.238. The lowest BCUT2D eigenvalue weighted by Crippen LogP contribution is -2.24. The number of amides is 1. The average molecular weight is 471 g/mol. The van der Waals surface area contributed by atoms with Crippen molar-refractivity contribution in [2.75, 3.05) is 6.61 Å². The monoisotopic (exact) mass is 470 g/mol. The van der Waals surface area contributed by atoms with E-state index in [9.17, 15) is 18.0 Å². The van der Waals surface area contributed by atoms with Gasteiger partial charge >= 0.3 is 6.18 Å². The maximum absolute atomic E-state index is 12.2. The van der Waals surface area contributed by atoms with Crippen LogP contribution in [0, 0.1) is 0 Å². The number of hydrogen-bond donors (Lipinski definition) is 1. The van der Waals surface area contributed by atoms with E-state index >= 15 is 0 Å². The molecule has 0 radical (unpaired) electrons. The Morgan fingerprint density at radius 3 is 2.35 bits per heavy atom. The molecule has 164 valence electrons. The summed E-state index contributed by atoms with van der Waals surface area (Å²) in [5, 5.41) is 5.92. The maximum atomic E-state index is 12.2. The smallest absolute Gasteiger partial charge is 0.422 e. The summed E-state index contributed by atoms with van der Waals surface area (Å²) < 4.78 is 46.8. The van der Waals surface area contributed by atoms with E-state index in [1.807, 2.05) is 0 Å². The number of carbonyl (C=O) groups excluding carboxylic acids is 1. The van der Waals surface area contributed by atoms with Gasteiger partial charge in [-0.3, -0.25) is 4.79 Å². The Kier molecular flexibility index (Phi) is 7.75. The van der Waals surface area contributed by atoms with E-state index in [4.69, 9.17) is 16.3 Å². The second-order valence-corrected chi connectivity index (χ2v) is 7.86. The number of hydrogen-bond acceptors (Lipinski definition) is 5. The molecule has 1 amide bonds. The summed E-state index contributed by atoms with van der Waals surface area (Å²) in [6.45, 7) is -0.810.